The van der Waals surface area contributed by atoms with Crippen LogP contribution < -0.4 is 4.72 Å². The molecule has 1 aliphatic heterocycles. The van der Waals surface area contributed by atoms with Gasteiger partial charge < -0.3 is 0 Å². The SMILES string of the molecule is Cc1ccc(S(=O)(=O)NCCN2C(=O)c3cccc(F)c3C2=O)cc1. The van der Waals surface area contributed by atoms with Crippen molar-refractivity contribution >= 4 is 21.8 Å². The second-order valence-electron chi connectivity index (χ2n) is 5.64. The maximum absolute atomic E-state index is 13.7. The average Bonchev–Trinajstić information content (AvgIpc) is 2.81. The highest BCUT2D eigenvalue weighted by atomic mass is 32.2. The molecule has 0 fully saturated rings. The van der Waals surface area contributed by atoms with Crippen LogP contribution in [0.2, 0.25) is 0 Å². The number of nitrogens with one attached hydrogen (secondary N) is 1. The van der Waals surface area contributed by atoms with Crippen LogP contribution in [0.4, 0.5) is 4.39 Å². The molecule has 130 valence electrons. The highest BCUT2D eigenvalue weighted by Crippen LogP contribution is 2.24. The Bertz CT molecular complexity index is 955. The molecule has 8 heteroatoms. The number of carbonyl (C=O) groups excluding carboxylic acids is 2. The van der Waals surface area contributed by atoms with E-state index < -0.39 is 27.7 Å². The monoisotopic (exact) mass is 362 g/mol. The highest BCUT2D eigenvalue weighted by molar-refractivity contribution is 7.89. The van der Waals surface area contributed by atoms with Crippen molar-refractivity contribution < 1.29 is 22.4 Å². The van der Waals surface area contributed by atoms with E-state index in [2.05, 4.69) is 4.72 Å². The second-order valence-corrected chi connectivity index (χ2v) is 7.40. The Balaban J connectivity index is 1.69. The van der Waals surface area contributed by atoms with Crippen molar-refractivity contribution in [1.29, 1.82) is 0 Å². The van der Waals surface area contributed by atoms with Crippen molar-refractivity contribution in [3.63, 3.8) is 0 Å². The summed E-state index contributed by atoms with van der Waals surface area (Å²) >= 11 is 0. The molecule has 0 aliphatic carbocycles. The van der Waals surface area contributed by atoms with Crippen molar-refractivity contribution in [2.45, 2.75) is 11.8 Å². The van der Waals surface area contributed by atoms with Gasteiger partial charge in [0.1, 0.15) is 5.82 Å². The number of aryl methyl sites for hydroxylation is 1. The van der Waals surface area contributed by atoms with E-state index in [-0.39, 0.29) is 29.1 Å². The van der Waals surface area contributed by atoms with Crippen LogP contribution in [-0.2, 0) is 10.0 Å². The summed E-state index contributed by atoms with van der Waals surface area (Å²) < 4.78 is 40.5. The number of fused-ring (bicyclic) bond motifs is 1. The molecule has 0 atom stereocenters. The van der Waals surface area contributed by atoms with Gasteiger partial charge >= 0.3 is 0 Å². The fourth-order valence-corrected chi connectivity index (χ4v) is 3.61. The number of sulfonamides is 1. The Hall–Kier alpha value is -2.58. The molecule has 2 aromatic carbocycles. The van der Waals surface area contributed by atoms with E-state index in [1.54, 1.807) is 12.1 Å². The first-order valence-electron chi connectivity index (χ1n) is 7.52. The van der Waals surface area contributed by atoms with E-state index in [0.29, 0.717) is 0 Å². The van der Waals surface area contributed by atoms with Gasteiger partial charge in [-0.3, -0.25) is 14.5 Å². The fraction of sp³-hybridized carbons (Fsp3) is 0.176. The maximum atomic E-state index is 13.7. The number of benzene rings is 2. The molecule has 0 radical (unpaired) electrons. The largest absolute Gasteiger partial charge is 0.273 e. The first-order chi connectivity index (χ1) is 11.8. The van der Waals surface area contributed by atoms with Gasteiger partial charge in [0.25, 0.3) is 11.8 Å². The lowest BCUT2D eigenvalue weighted by Crippen LogP contribution is -2.38. The van der Waals surface area contributed by atoms with Crippen molar-refractivity contribution in [2.24, 2.45) is 0 Å². The molecule has 1 heterocycles. The zero-order valence-electron chi connectivity index (χ0n) is 13.3. The molecule has 1 aliphatic rings. The summed E-state index contributed by atoms with van der Waals surface area (Å²) in [6.45, 7) is 1.49. The number of rotatable bonds is 5. The van der Waals surface area contributed by atoms with E-state index in [4.69, 9.17) is 0 Å². The standard InChI is InChI=1S/C17H15FN2O4S/c1-11-5-7-12(8-6-11)25(23,24)19-9-10-20-16(21)13-3-2-4-14(18)15(13)17(20)22/h2-8,19H,9-10H2,1H3. The zero-order valence-corrected chi connectivity index (χ0v) is 14.1. The van der Waals surface area contributed by atoms with Crippen molar-refractivity contribution in [3.8, 4) is 0 Å². The average molecular weight is 362 g/mol. The number of nitrogens with zero attached hydrogens (tertiary/aromatic N) is 1. The van der Waals surface area contributed by atoms with E-state index in [9.17, 15) is 22.4 Å². The van der Waals surface area contributed by atoms with Crippen molar-refractivity contribution in [2.75, 3.05) is 13.1 Å². The van der Waals surface area contributed by atoms with Gasteiger partial charge in [-0.1, -0.05) is 23.8 Å². The number of amides is 2. The minimum Gasteiger partial charge on any atom is -0.273 e. The smallest absolute Gasteiger partial charge is 0.264 e. The van der Waals surface area contributed by atoms with E-state index >= 15 is 0 Å². The minimum absolute atomic E-state index is 0.00797. The van der Waals surface area contributed by atoms with Gasteiger partial charge in [-0.15, -0.1) is 0 Å². The summed E-state index contributed by atoms with van der Waals surface area (Å²) in [4.78, 5) is 25.3. The van der Waals surface area contributed by atoms with Crippen LogP contribution in [0.1, 0.15) is 26.3 Å². The van der Waals surface area contributed by atoms with Gasteiger partial charge in [0.15, 0.2) is 0 Å². The van der Waals surface area contributed by atoms with Crippen LogP contribution in [-0.4, -0.2) is 38.2 Å². The quantitative estimate of drug-likeness (QED) is 0.821. The van der Waals surface area contributed by atoms with Crippen LogP contribution in [0.3, 0.4) is 0 Å². The molecular weight excluding hydrogens is 347 g/mol. The summed E-state index contributed by atoms with van der Waals surface area (Å²) in [6.07, 6.45) is 0. The molecule has 0 saturated heterocycles. The molecule has 3 rings (SSSR count). The third kappa shape index (κ3) is 3.18. The molecular formula is C17H15FN2O4S. The number of carbonyl (C=O) groups is 2. The van der Waals surface area contributed by atoms with Crippen LogP contribution >= 0.6 is 0 Å². The molecule has 0 bridgehead atoms. The van der Waals surface area contributed by atoms with Crippen LogP contribution in [0.5, 0.6) is 0 Å². The van der Waals surface area contributed by atoms with E-state index in [1.165, 1.54) is 24.3 Å². The molecule has 1 N–H and O–H groups in total. The molecule has 0 aromatic heterocycles. The topological polar surface area (TPSA) is 83.6 Å². The lowest BCUT2D eigenvalue weighted by atomic mass is 10.1. The first-order valence-corrected chi connectivity index (χ1v) is 9.00. The second kappa shape index (κ2) is 6.38. The lowest BCUT2D eigenvalue weighted by molar-refractivity contribution is 0.0656. The van der Waals surface area contributed by atoms with E-state index in [1.807, 2.05) is 6.92 Å². The molecule has 6 nitrogen and oxygen atoms in total. The summed E-state index contributed by atoms with van der Waals surface area (Å²) in [5.41, 5.74) is 0.646. The van der Waals surface area contributed by atoms with E-state index in [0.717, 1.165) is 16.5 Å². The van der Waals surface area contributed by atoms with Gasteiger partial charge in [0.05, 0.1) is 16.0 Å². The summed E-state index contributed by atoms with van der Waals surface area (Å²) in [6, 6.07) is 10.1. The maximum Gasteiger partial charge on any atom is 0.264 e. The van der Waals surface area contributed by atoms with Gasteiger partial charge in [-0.25, -0.2) is 17.5 Å². The third-order valence-electron chi connectivity index (χ3n) is 3.91. The Kier molecular flexibility index (Phi) is 4.40. The van der Waals surface area contributed by atoms with Crippen LogP contribution in [0, 0.1) is 12.7 Å². The number of hydrogen-bond donors (Lipinski definition) is 1. The van der Waals surface area contributed by atoms with Crippen LogP contribution in [0.15, 0.2) is 47.4 Å². The number of imide groups is 1. The zero-order chi connectivity index (χ0) is 18.2. The Morgan fingerprint density at radius 3 is 2.36 bits per heavy atom. The first kappa shape index (κ1) is 17.2. The fourth-order valence-electron chi connectivity index (χ4n) is 2.59. The molecule has 2 amide bonds. The Morgan fingerprint density at radius 2 is 1.72 bits per heavy atom. The third-order valence-corrected chi connectivity index (χ3v) is 5.38. The highest BCUT2D eigenvalue weighted by Gasteiger charge is 2.37. The molecule has 0 spiro atoms. The van der Waals surface area contributed by atoms with Gasteiger partial charge in [0, 0.05) is 13.1 Å². The summed E-state index contributed by atoms with van der Waals surface area (Å²) in [7, 11) is -3.75. The lowest BCUT2D eigenvalue weighted by Gasteiger charge is -2.14. The van der Waals surface area contributed by atoms with Crippen molar-refractivity contribution in [1.82, 2.24) is 9.62 Å². The van der Waals surface area contributed by atoms with Crippen molar-refractivity contribution in [3.05, 3.63) is 65.0 Å². The molecule has 2 aromatic rings. The normalized spacial score (nSPS) is 14.1. The predicted molar refractivity (Wildman–Crippen MR) is 88.1 cm³/mol. The molecule has 25 heavy (non-hydrogen) atoms. The van der Waals surface area contributed by atoms with Crippen LogP contribution in [0.25, 0.3) is 0 Å². The minimum atomic E-state index is -3.75. The van der Waals surface area contributed by atoms with Gasteiger partial charge in [0.2, 0.25) is 10.0 Å². The van der Waals surface area contributed by atoms with Gasteiger partial charge in [-0.2, -0.15) is 0 Å². The Labute approximate surface area is 144 Å². The number of halogens is 1. The predicted octanol–water partition coefficient (Wildman–Crippen LogP) is 1.71. The van der Waals surface area contributed by atoms with Gasteiger partial charge in [-0.05, 0) is 31.2 Å². The molecule has 0 unspecified atom stereocenters. The molecule has 0 saturated carbocycles. The summed E-state index contributed by atoms with van der Waals surface area (Å²) in [5, 5.41) is 0. The summed E-state index contributed by atoms with van der Waals surface area (Å²) in [5.74, 6) is -2.15. The number of hydrogen-bond acceptors (Lipinski definition) is 4. The Morgan fingerprint density at radius 1 is 1.04 bits per heavy atom.